The van der Waals surface area contributed by atoms with Gasteiger partial charge in [0.25, 0.3) is 5.91 Å². The minimum absolute atomic E-state index is 0.347. The largest absolute Gasteiger partial charge is 0.269 e. The van der Waals surface area contributed by atoms with Crippen molar-refractivity contribution in [2.24, 2.45) is 0 Å². The van der Waals surface area contributed by atoms with Crippen molar-refractivity contribution in [2.75, 3.05) is 0 Å². The molecule has 2 aromatic heterocycles. The zero-order valence-corrected chi connectivity index (χ0v) is 14.0. The summed E-state index contributed by atoms with van der Waals surface area (Å²) in [5.74, 6) is 0.264. The van der Waals surface area contributed by atoms with Crippen LogP contribution in [0.4, 0.5) is 0 Å². The van der Waals surface area contributed by atoms with Gasteiger partial charge in [-0.05, 0) is 30.5 Å². The number of fused-ring (bicyclic) bond motifs is 1. The quantitative estimate of drug-likeness (QED) is 0.788. The molecule has 3 aromatic rings. The second-order valence-corrected chi connectivity index (χ2v) is 7.45. The van der Waals surface area contributed by atoms with Crippen LogP contribution in [0.25, 0.3) is 27.1 Å². The summed E-state index contributed by atoms with van der Waals surface area (Å²) in [6, 6.07) is 10.1. The molecule has 1 N–H and O–H groups in total. The Hall–Kier alpha value is -2.80. The van der Waals surface area contributed by atoms with Crippen LogP contribution in [-0.4, -0.2) is 24.9 Å². The van der Waals surface area contributed by atoms with Crippen molar-refractivity contribution >= 4 is 32.8 Å². The predicted molar refractivity (Wildman–Crippen MR) is 95.5 cm³/mol. The molecule has 124 valence electrons. The van der Waals surface area contributed by atoms with Gasteiger partial charge in [0.15, 0.2) is 16.0 Å². The van der Waals surface area contributed by atoms with Crippen molar-refractivity contribution < 1.29 is 9.00 Å². The maximum atomic E-state index is 12.0. The highest BCUT2D eigenvalue weighted by molar-refractivity contribution is 7.93. The molecule has 1 unspecified atom stereocenters. The molecule has 1 aliphatic heterocycles. The smallest absolute Gasteiger partial charge is 0.258 e. The van der Waals surface area contributed by atoms with Gasteiger partial charge in [0.1, 0.15) is 0 Å². The van der Waals surface area contributed by atoms with E-state index in [0.717, 1.165) is 27.7 Å². The molecule has 0 saturated heterocycles. The van der Waals surface area contributed by atoms with Crippen LogP contribution in [0.1, 0.15) is 24.5 Å². The summed E-state index contributed by atoms with van der Waals surface area (Å²) in [6.45, 7) is 0. The van der Waals surface area contributed by atoms with E-state index in [4.69, 9.17) is 0 Å². The van der Waals surface area contributed by atoms with Crippen molar-refractivity contribution in [1.82, 2.24) is 19.5 Å². The summed E-state index contributed by atoms with van der Waals surface area (Å²) in [5.41, 5.74) is 3.99. The van der Waals surface area contributed by atoms with Crippen LogP contribution in [0.5, 0.6) is 0 Å². The maximum absolute atomic E-state index is 12.0. The van der Waals surface area contributed by atoms with Gasteiger partial charge in [-0.2, -0.15) is 5.10 Å². The number of carbonyl (C=O) groups is 1. The summed E-state index contributed by atoms with van der Waals surface area (Å²) < 4.78 is 15.9. The van der Waals surface area contributed by atoms with E-state index in [-0.39, 0.29) is 5.91 Å². The Bertz CT molecular complexity index is 1060. The van der Waals surface area contributed by atoms with E-state index in [0.29, 0.717) is 10.9 Å². The van der Waals surface area contributed by atoms with Crippen molar-refractivity contribution in [3.05, 3.63) is 54.5 Å². The third-order valence-corrected chi connectivity index (χ3v) is 5.59. The van der Waals surface area contributed by atoms with Gasteiger partial charge < -0.3 is 0 Å². The van der Waals surface area contributed by atoms with Crippen molar-refractivity contribution in [3.8, 4) is 11.1 Å². The number of hydrogen-bond acceptors (Lipinski definition) is 4. The van der Waals surface area contributed by atoms with Crippen LogP contribution in [0.3, 0.4) is 0 Å². The Morgan fingerprint density at radius 2 is 1.96 bits per heavy atom. The lowest BCUT2D eigenvalue weighted by atomic mass is 10.1. The fourth-order valence-corrected chi connectivity index (χ4v) is 3.91. The molecule has 1 atom stereocenters. The van der Waals surface area contributed by atoms with E-state index in [9.17, 15) is 9.00 Å². The molecular weight excluding hydrogens is 336 g/mol. The summed E-state index contributed by atoms with van der Waals surface area (Å²) in [7, 11) is -1.58. The van der Waals surface area contributed by atoms with Gasteiger partial charge in [-0.3, -0.25) is 14.5 Å². The normalized spacial score (nSPS) is 19.9. The minimum Gasteiger partial charge on any atom is -0.269 e. The Labute approximate surface area is 146 Å². The summed E-state index contributed by atoms with van der Waals surface area (Å²) in [6.07, 6.45) is 7.39. The third kappa shape index (κ3) is 2.47. The lowest BCUT2D eigenvalue weighted by molar-refractivity contribution is -0.114. The van der Waals surface area contributed by atoms with E-state index in [1.165, 1.54) is 18.9 Å². The number of benzene rings is 1. The van der Waals surface area contributed by atoms with E-state index in [2.05, 4.69) is 26.9 Å². The second-order valence-electron chi connectivity index (χ2n) is 6.29. The third-order valence-electron chi connectivity index (χ3n) is 4.53. The standard InChI is InChI=1S/C18H14N4O2S/c23-17-8-18(25(24)21-17)22-16-7-12(3-4-14(16)10-20-22)13-5-6-15(19-9-13)11-1-2-11/h3-11H,1-2H2,(H,21,23). The number of nitrogens with zero attached hydrogens (tertiary/aromatic N) is 3. The van der Waals surface area contributed by atoms with Gasteiger partial charge in [0, 0.05) is 34.8 Å². The molecule has 25 heavy (non-hydrogen) atoms. The summed E-state index contributed by atoms with van der Waals surface area (Å²) >= 11 is 0. The summed E-state index contributed by atoms with van der Waals surface area (Å²) in [5, 5.41) is 5.56. The van der Waals surface area contributed by atoms with Gasteiger partial charge in [0.2, 0.25) is 0 Å². The molecule has 7 heteroatoms. The Kier molecular flexibility index (Phi) is 3.11. The number of carbonyl (C=O) groups excluding carboxylic acids is 1. The van der Waals surface area contributed by atoms with Crippen LogP contribution in [-0.2, 0) is 15.8 Å². The molecule has 1 aliphatic carbocycles. The van der Waals surface area contributed by atoms with E-state index in [1.807, 2.05) is 24.4 Å². The first-order chi connectivity index (χ1) is 12.2. The molecule has 6 nitrogen and oxygen atoms in total. The van der Waals surface area contributed by atoms with E-state index >= 15 is 0 Å². The van der Waals surface area contributed by atoms with Crippen molar-refractivity contribution in [3.63, 3.8) is 0 Å². The zero-order chi connectivity index (χ0) is 17.0. The topological polar surface area (TPSA) is 76.9 Å². The lowest BCUT2D eigenvalue weighted by Crippen LogP contribution is -2.17. The molecule has 0 spiro atoms. The van der Waals surface area contributed by atoms with Crippen LogP contribution < -0.4 is 4.72 Å². The monoisotopic (exact) mass is 350 g/mol. The molecule has 1 saturated carbocycles. The van der Waals surface area contributed by atoms with Gasteiger partial charge in [-0.1, -0.05) is 18.2 Å². The highest BCUT2D eigenvalue weighted by atomic mass is 32.2. The molecule has 1 fully saturated rings. The molecule has 1 aromatic carbocycles. The Morgan fingerprint density at radius 1 is 1.12 bits per heavy atom. The molecule has 5 rings (SSSR count). The number of pyridine rings is 1. The van der Waals surface area contributed by atoms with Crippen molar-refractivity contribution in [2.45, 2.75) is 18.8 Å². The van der Waals surface area contributed by atoms with Crippen LogP contribution in [0, 0.1) is 0 Å². The highest BCUT2D eigenvalue weighted by Gasteiger charge is 2.25. The van der Waals surface area contributed by atoms with Gasteiger partial charge in [0.05, 0.1) is 11.7 Å². The molecule has 3 heterocycles. The van der Waals surface area contributed by atoms with Crippen molar-refractivity contribution in [1.29, 1.82) is 0 Å². The fraction of sp³-hybridized carbons (Fsp3) is 0.167. The molecule has 0 radical (unpaired) electrons. The van der Waals surface area contributed by atoms with Gasteiger partial charge in [-0.15, -0.1) is 0 Å². The average Bonchev–Trinajstić information content (AvgIpc) is 3.31. The first-order valence-corrected chi connectivity index (χ1v) is 9.22. The highest BCUT2D eigenvalue weighted by Crippen LogP contribution is 2.39. The number of nitrogens with one attached hydrogen (secondary N) is 1. The van der Waals surface area contributed by atoms with Crippen LogP contribution in [0.15, 0.2) is 48.8 Å². The van der Waals surface area contributed by atoms with E-state index in [1.54, 1.807) is 10.9 Å². The fourth-order valence-electron chi connectivity index (χ4n) is 3.05. The average molecular weight is 350 g/mol. The van der Waals surface area contributed by atoms with E-state index < -0.39 is 11.0 Å². The first-order valence-electron chi connectivity index (χ1n) is 8.07. The SMILES string of the molecule is O=C1C=C(n2ncc3ccc(-c4ccc(C5CC5)nc4)cc32)S(=O)N1. The molecule has 0 bridgehead atoms. The van der Waals surface area contributed by atoms with Crippen LogP contribution >= 0.6 is 0 Å². The number of amides is 1. The number of hydrogen-bond donors (Lipinski definition) is 1. The second kappa shape index (κ2) is 5.35. The molecule has 2 aliphatic rings. The maximum Gasteiger partial charge on any atom is 0.258 e. The Balaban J connectivity index is 1.58. The first kappa shape index (κ1) is 14.5. The summed E-state index contributed by atoms with van der Waals surface area (Å²) in [4.78, 5) is 16.0. The van der Waals surface area contributed by atoms with Gasteiger partial charge >= 0.3 is 0 Å². The minimum atomic E-state index is -1.58. The molecular formula is C18H14N4O2S. The number of rotatable bonds is 3. The van der Waals surface area contributed by atoms with Gasteiger partial charge in [-0.25, -0.2) is 8.89 Å². The predicted octanol–water partition coefficient (Wildman–Crippen LogP) is 2.57. The Morgan fingerprint density at radius 3 is 2.64 bits per heavy atom. The van der Waals surface area contributed by atoms with Crippen LogP contribution in [0.2, 0.25) is 0 Å². The molecule has 1 amide bonds. The lowest BCUT2D eigenvalue weighted by Gasteiger charge is -2.06. The number of aromatic nitrogens is 3. The zero-order valence-electron chi connectivity index (χ0n) is 13.2.